The first-order valence-electron chi connectivity index (χ1n) is 9.22. The maximum atomic E-state index is 13.0. The zero-order chi connectivity index (χ0) is 19.7. The topological polar surface area (TPSA) is 86.8 Å². The van der Waals surface area contributed by atoms with Crippen molar-refractivity contribution >= 4 is 27.5 Å². The largest absolute Gasteiger partial charge is 0.336 e. The number of piperazine rings is 1. The minimum absolute atomic E-state index is 0.0534. The fourth-order valence-corrected chi connectivity index (χ4v) is 5.04. The predicted molar refractivity (Wildman–Crippen MR) is 104 cm³/mol. The Labute approximate surface area is 164 Å². The fourth-order valence-electron chi connectivity index (χ4n) is 3.56. The van der Waals surface area contributed by atoms with Crippen molar-refractivity contribution in [2.45, 2.75) is 17.7 Å². The molecule has 1 saturated heterocycles. The molecular formula is C20H21N3O4S. The number of amides is 2. The third-order valence-corrected chi connectivity index (χ3v) is 7.05. The molecule has 0 aromatic heterocycles. The van der Waals surface area contributed by atoms with E-state index in [4.69, 9.17) is 0 Å². The monoisotopic (exact) mass is 399 g/mol. The second-order valence-electron chi connectivity index (χ2n) is 6.93. The average Bonchev–Trinajstić information content (AvgIpc) is 2.73. The van der Waals surface area contributed by atoms with Crippen molar-refractivity contribution in [2.75, 3.05) is 31.5 Å². The van der Waals surface area contributed by atoms with Crippen molar-refractivity contribution in [3.8, 4) is 0 Å². The highest BCUT2D eigenvalue weighted by molar-refractivity contribution is 7.89. The second kappa shape index (κ2) is 7.37. The number of fused-ring (bicyclic) bond motifs is 1. The number of carbonyl (C=O) groups is 2. The smallest absolute Gasteiger partial charge is 0.253 e. The number of hydrogen-bond acceptors (Lipinski definition) is 4. The summed E-state index contributed by atoms with van der Waals surface area (Å²) < 4.78 is 27.5. The summed E-state index contributed by atoms with van der Waals surface area (Å²) in [6.45, 7) is 1.23. The summed E-state index contributed by atoms with van der Waals surface area (Å²) in [6.07, 6.45) is 0.890. The molecule has 8 heteroatoms. The van der Waals surface area contributed by atoms with Gasteiger partial charge in [0.05, 0.1) is 4.90 Å². The number of benzene rings is 2. The number of anilines is 1. The summed E-state index contributed by atoms with van der Waals surface area (Å²) in [5, 5.41) is 2.76. The molecule has 28 heavy (non-hydrogen) atoms. The van der Waals surface area contributed by atoms with Crippen molar-refractivity contribution < 1.29 is 18.0 Å². The van der Waals surface area contributed by atoms with Crippen LogP contribution in [0, 0.1) is 0 Å². The van der Waals surface area contributed by atoms with Crippen molar-refractivity contribution in [1.29, 1.82) is 0 Å². The number of sulfonamides is 1. The van der Waals surface area contributed by atoms with Gasteiger partial charge in [-0.25, -0.2) is 8.42 Å². The minimum atomic E-state index is -3.64. The highest BCUT2D eigenvalue weighted by atomic mass is 32.2. The quantitative estimate of drug-likeness (QED) is 0.851. The van der Waals surface area contributed by atoms with Crippen LogP contribution in [0.15, 0.2) is 53.4 Å². The summed E-state index contributed by atoms with van der Waals surface area (Å²) in [5.74, 6) is -0.135. The molecule has 2 aromatic rings. The Morgan fingerprint density at radius 3 is 2.36 bits per heavy atom. The van der Waals surface area contributed by atoms with Gasteiger partial charge in [-0.2, -0.15) is 4.31 Å². The van der Waals surface area contributed by atoms with Gasteiger partial charge in [0.1, 0.15) is 0 Å². The lowest BCUT2D eigenvalue weighted by molar-refractivity contribution is -0.116. The van der Waals surface area contributed by atoms with Gasteiger partial charge in [0.25, 0.3) is 5.91 Å². The Morgan fingerprint density at radius 2 is 1.64 bits per heavy atom. The molecule has 2 aliphatic rings. The van der Waals surface area contributed by atoms with Crippen LogP contribution in [0.3, 0.4) is 0 Å². The molecule has 0 spiro atoms. The third kappa shape index (κ3) is 3.53. The van der Waals surface area contributed by atoms with Crippen LogP contribution in [0.2, 0.25) is 0 Å². The van der Waals surface area contributed by atoms with E-state index in [1.54, 1.807) is 29.2 Å². The van der Waals surface area contributed by atoms with Crippen LogP contribution in [-0.4, -0.2) is 55.6 Å². The molecule has 4 rings (SSSR count). The summed E-state index contributed by atoms with van der Waals surface area (Å²) in [5.41, 5.74) is 2.11. The van der Waals surface area contributed by atoms with Crippen LogP contribution < -0.4 is 5.32 Å². The molecule has 1 fully saturated rings. The van der Waals surface area contributed by atoms with E-state index in [1.165, 1.54) is 10.4 Å². The van der Waals surface area contributed by atoms with Gasteiger partial charge in [-0.3, -0.25) is 9.59 Å². The number of hydrogen-bond donors (Lipinski definition) is 1. The molecule has 2 heterocycles. The standard InChI is InChI=1S/C20H21N3O4S/c24-19-9-6-16-14-17(7-8-18(16)21-19)28(26,27)23-12-10-22(11-13-23)20(25)15-4-2-1-3-5-15/h1-5,7-8,14H,6,9-13H2,(H,21,24). The first kappa shape index (κ1) is 18.6. The van der Waals surface area contributed by atoms with E-state index in [1.807, 2.05) is 18.2 Å². The van der Waals surface area contributed by atoms with Crippen LogP contribution in [0.5, 0.6) is 0 Å². The van der Waals surface area contributed by atoms with Gasteiger partial charge in [-0.15, -0.1) is 0 Å². The van der Waals surface area contributed by atoms with Crippen LogP contribution in [0.4, 0.5) is 5.69 Å². The summed E-state index contributed by atoms with van der Waals surface area (Å²) >= 11 is 0. The van der Waals surface area contributed by atoms with E-state index >= 15 is 0 Å². The maximum Gasteiger partial charge on any atom is 0.253 e. The van der Waals surface area contributed by atoms with Crippen LogP contribution in [0.1, 0.15) is 22.3 Å². The lowest BCUT2D eigenvalue weighted by Crippen LogP contribution is -2.50. The predicted octanol–water partition coefficient (Wildman–Crippen LogP) is 1.72. The van der Waals surface area contributed by atoms with E-state index in [9.17, 15) is 18.0 Å². The van der Waals surface area contributed by atoms with Gasteiger partial charge in [-0.05, 0) is 42.3 Å². The van der Waals surface area contributed by atoms with Crippen molar-refractivity contribution in [2.24, 2.45) is 0 Å². The Bertz CT molecular complexity index is 1010. The maximum absolute atomic E-state index is 13.0. The minimum Gasteiger partial charge on any atom is -0.336 e. The number of aryl methyl sites for hydroxylation is 1. The molecule has 0 atom stereocenters. The number of rotatable bonds is 3. The van der Waals surface area contributed by atoms with Gasteiger partial charge in [-0.1, -0.05) is 18.2 Å². The molecule has 0 radical (unpaired) electrons. The first-order chi connectivity index (χ1) is 13.4. The van der Waals surface area contributed by atoms with E-state index in [0.29, 0.717) is 37.2 Å². The van der Waals surface area contributed by atoms with E-state index in [0.717, 1.165) is 5.56 Å². The fraction of sp³-hybridized carbons (Fsp3) is 0.300. The van der Waals surface area contributed by atoms with Gasteiger partial charge >= 0.3 is 0 Å². The van der Waals surface area contributed by atoms with Gasteiger partial charge in [0.2, 0.25) is 15.9 Å². The highest BCUT2D eigenvalue weighted by Gasteiger charge is 2.31. The van der Waals surface area contributed by atoms with Crippen LogP contribution in [-0.2, 0) is 21.2 Å². The SMILES string of the molecule is O=C1CCc2cc(S(=O)(=O)N3CCN(C(=O)c4ccccc4)CC3)ccc2N1. The van der Waals surface area contributed by atoms with Crippen molar-refractivity contribution in [3.63, 3.8) is 0 Å². The Morgan fingerprint density at radius 1 is 0.929 bits per heavy atom. The lowest BCUT2D eigenvalue weighted by Gasteiger charge is -2.34. The lowest BCUT2D eigenvalue weighted by atomic mass is 10.0. The molecule has 2 amide bonds. The normalized spacial score (nSPS) is 17.7. The Hall–Kier alpha value is -2.71. The van der Waals surface area contributed by atoms with Gasteiger partial charge in [0, 0.05) is 43.9 Å². The molecule has 2 aliphatic heterocycles. The molecule has 7 nitrogen and oxygen atoms in total. The first-order valence-corrected chi connectivity index (χ1v) is 10.7. The zero-order valence-electron chi connectivity index (χ0n) is 15.3. The molecule has 0 bridgehead atoms. The van der Waals surface area contributed by atoms with Crippen LogP contribution >= 0.6 is 0 Å². The Kier molecular flexibility index (Phi) is 4.91. The number of nitrogens with one attached hydrogen (secondary N) is 1. The van der Waals surface area contributed by atoms with Crippen LogP contribution in [0.25, 0.3) is 0 Å². The number of nitrogens with zero attached hydrogens (tertiary/aromatic N) is 2. The summed E-state index contributed by atoms with van der Waals surface area (Å²) in [4.78, 5) is 25.9. The highest BCUT2D eigenvalue weighted by Crippen LogP contribution is 2.27. The summed E-state index contributed by atoms with van der Waals surface area (Å²) in [6, 6.07) is 13.8. The van der Waals surface area contributed by atoms with Gasteiger partial charge < -0.3 is 10.2 Å². The van der Waals surface area contributed by atoms with Gasteiger partial charge in [0.15, 0.2) is 0 Å². The molecule has 146 valence electrons. The molecule has 0 aliphatic carbocycles. The second-order valence-corrected chi connectivity index (χ2v) is 8.87. The summed E-state index contributed by atoms with van der Waals surface area (Å²) in [7, 11) is -3.64. The van der Waals surface area contributed by atoms with Crippen molar-refractivity contribution in [3.05, 3.63) is 59.7 Å². The van der Waals surface area contributed by atoms with E-state index in [-0.39, 0.29) is 29.8 Å². The van der Waals surface area contributed by atoms with Crippen molar-refractivity contribution in [1.82, 2.24) is 9.21 Å². The molecule has 2 aromatic carbocycles. The molecular weight excluding hydrogens is 378 g/mol. The molecule has 1 N–H and O–H groups in total. The average molecular weight is 399 g/mol. The Balaban J connectivity index is 1.47. The molecule has 0 saturated carbocycles. The molecule has 0 unspecified atom stereocenters. The number of carbonyl (C=O) groups excluding carboxylic acids is 2. The zero-order valence-corrected chi connectivity index (χ0v) is 16.1. The van der Waals surface area contributed by atoms with E-state index in [2.05, 4.69) is 5.32 Å². The van der Waals surface area contributed by atoms with E-state index < -0.39 is 10.0 Å². The third-order valence-electron chi connectivity index (χ3n) is 5.16.